The summed E-state index contributed by atoms with van der Waals surface area (Å²) < 4.78 is 0. The molecule has 1 aliphatic carbocycles. The average Bonchev–Trinajstić information content (AvgIpc) is 2.71. The number of carboxylic acid groups (broad SMARTS) is 2. The van der Waals surface area contributed by atoms with E-state index in [9.17, 15) is 24.6 Å². The first-order chi connectivity index (χ1) is 13.4. The third-order valence-electron chi connectivity index (χ3n) is 5.86. The fourth-order valence-electron chi connectivity index (χ4n) is 4.27. The number of hydrogen-bond acceptors (Lipinski definition) is 5. The van der Waals surface area contributed by atoms with E-state index in [2.05, 4.69) is 6.58 Å². The summed E-state index contributed by atoms with van der Waals surface area (Å²) >= 11 is 0. The highest BCUT2D eigenvalue weighted by molar-refractivity contribution is 6.05. The van der Waals surface area contributed by atoms with Crippen molar-refractivity contribution in [1.82, 2.24) is 0 Å². The number of hydrogen-bond donors (Lipinski definition) is 0. The number of rotatable bonds is 7. The minimum atomic E-state index is -2.17. The molecule has 5 nitrogen and oxygen atoms in total. The van der Waals surface area contributed by atoms with Crippen LogP contribution in [0, 0.1) is 5.92 Å². The number of carbonyl (C=O) groups excluding carboxylic acids is 3. The van der Waals surface area contributed by atoms with Gasteiger partial charge < -0.3 is 19.8 Å². The van der Waals surface area contributed by atoms with Crippen molar-refractivity contribution in [2.24, 2.45) is 5.92 Å². The van der Waals surface area contributed by atoms with Crippen molar-refractivity contribution < 1.29 is 24.6 Å². The molecular weight excluding hydrogens is 356 g/mol. The molecule has 2 aromatic carbocycles. The summed E-state index contributed by atoms with van der Waals surface area (Å²) in [6.45, 7) is 3.49. The van der Waals surface area contributed by atoms with E-state index in [1.165, 1.54) is 6.07 Å². The van der Waals surface area contributed by atoms with Gasteiger partial charge in [0.1, 0.15) is 5.78 Å². The molecule has 0 saturated heterocycles. The zero-order chi connectivity index (χ0) is 20.3. The Kier molecular flexibility index (Phi) is 5.63. The molecule has 1 fully saturated rings. The van der Waals surface area contributed by atoms with E-state index in [0.717, 1.165) is 24.6 Å². The molecule has 1 atom stereocenters. The number of carboxylic acids is 2. The van der Waals surface area contributed by atoms with E-state index in [1.807, 2.05) is 0 Å². The van der Waals surface area contributed by atoms with E-state index in [-0.39, 0.29) is 17.3 Å². The number of carbonyl (C=O) groups is 3. The van der Waals surface area contributed by atoms with E-state index in [1.54, 1.807) is 36.4 Å². The van der Waals surface area contributed by atoms with Crippen LogP contribution < -0.4 is 10.2 Å². The fourth-order valence-corrected chi connectivity index (χ4v) is 4.27. The van der Waals surface area contributed by atoms with Crippen LogP contribution >= 0.6 is 0 Å². The fraction of sp³-hybridized carbons (Fsp3) is 0.348. The Labute approximate surface area is 163 Å². The maximum atomic E-state index is 13.0. The van der Waals surface area contributed by atoms with Gasteiger partial charge in [-0.15, -0.1) is 0 Å². The first-order valence-electron chi connectivity index (χ1n) is 9.51. The van der Waals surface area contributed by atoms with E-state index >= 15 is 0 Å². The highest BCUT2D eigenvalue weighted by atomic mass is 16.4. The van der Waals surface area contributed by atoms with Gasteiger partial charge in [-0.1, -0.05) is 68.3 Å². The molecule has 0 aliphatic heterocycles. The predicted molar refractivity (Wildman–Crippen MR) is 101 cm³/mol. The van der Waals surface area contributed by atoms with Crippen molar-refractivity contribution in [3.8, 4) is 0 Å². The molecule has 0 N–H and O–H groups in total. The van der Waals surface area contributed by atoms with Gasteiger partial charge in [-0.25, -0.2) is 0 Å². The zero-order valence-corrected chi connectivity index (χ0v) is 15.6. The molecule has 1 aliphatic rings. The van der Waals surface area contributed by atoms with Crippen molar-refractivity contribution in [3.05, 3.63) is 60.2 Å². The maximum absolute atomic E-state index is 13.0. The zero-order valence-electron chi connectivity index (χ0n) is 15.6. The summed E-state index contributed by atoms with van der Waals surface area (Å²) in [6, 6.07) is 12.0. The van der Waals surface area contributed by atoms with Crippen LogP contribution in [-0.4, -0.2) is 17.7 Å². The monoisotopic (exact) mass is 378 g/mol. The molecule has 1 saturated carbocycles. The second-order valence-electron chi connectivity index (χ2n) is 7.46. The van der Waals surface area contributed by atoms with Crippen molar-refractivity contribution in [2.75, 3.05) is 0 Å². The first kappa shape index (κ1) is 19.8. The highest BCUT2D eigenvalue weighted by Crippen LogP contribution is 2.41. The molecule has 1 unspecified atom stereocenters. The van der Waals surface area contributed by atoms with Gasteiger partial charge >= 0.3 is 0 Å². The average molecular weight is 378 g/mol. The lowest BCUT2D eigenvalue weighted by atomic mass is 9.67. The van der Waals surface area contributed by atoms with E-state index < -0.39 is 29.3 Å². The predicted octanol–water partition coefficient (Wildman–Crippen LogP) is 1.67. The van der Waals surface area contributed by atoms with Crippen LogP contribution in [0.3, 0.4) is 0 Å². The molecule has 5 heteroatoms. The van der Waals surface area contributed by atoms with Gasteiger partial charge in [-0.3, -0.25) is 4.79 Å². The number of benzene rings is 2. The highest BCUT2D eigenvalue weighted by Gasteiger charge is 2.42. The van der Waals surface area contributed by atoms with Crippen LogP contribution in [0.1, 0.15) is 44.1 Å². The third kappa shape index (κ3) is 3.44. The van der Waals surface area contributed by atoms with Gasteiger partial charge in [-0.2, -0.15) is 0 Å². The summed E-state index contributed by atoms with van der Waals surface area (Å²) in [5.74, 6) is -3.88. The Morgan fingerprint density at radius 3 is 2.25 bits per heavy atom. The Morgan fingerprint density at radius 1 is 0.964 bits per heavy atom. The largest absolute Gasteiger partial charge is 0.549 e. The molecule has 2 aromatic rings. The van der Waals surface area contributed by atoms with Gasteiger partial charge in [0, 0.05) is 12.3 Å². The molecule has 0 heterocycles. The van der Waals surface area contributed by atoms with E-state index in [4.69, 9.17) is 0 Å². The molecule has 146 valence electrons. The van der Waals surface area contributed by atoms with Crippen LogP contribution in [0.15, 0.2) is 54.6 Å². The summed E-state index contributed by atoms with van der Waals surface area (Å²) in [5.41, 5.74) is -2.63. The lowest BCUT2D eigenvalue weighted by Gasteiger charge is -2.39. The normalized spacial score (nSPS) is 17.0. The van der Waals surface area contributed by atoms with Crippen LogP contribution in [0.25, 0.3) is 10.8 Å². The van der Waals surface area contributed by atoms with Crippen LogP contribution in [0.4, 0.5) is 0 Å². The molecule has 0 spiro atoms. The van der Waals surface area contributed by atoms with Gasteiger partial charge in [0.15, 0.2) is 0 Å². The van der Waals surface area contributed by atoms with Gasteiger partial charge in [-0.05, 0) is 34.8 Å². The molecule has 0 aromatic heterocycles. The second-order valence-corrected chi connectivity index (χ2v) is 7.46. The smallest absolute Gasteiger partial charge is 0.137 e. The van der Waals surface area contributed by atoms with Gasteiger partial charge in [0.05, 0.1) is 17.4 Å². The molecular formula is C23H22O5-2. The van der Waals surface area contributed by atoms with Crippen LogP contribution in [0.5, 0.6) is 0 Å². The Balaban J connectivity index is 2.18. The Bertz CT molecular complexity index is 934. The lowest BCUT2D eigenvalue weighted by Crippen LogP contribution is -2.52. The quantitative estimate of drug-likeness (QED) is 0.683. The number of Topliss-reactive ketones (excluding diaryl/α,β-unsaturated/α-hetero) is 1. The molecule has 3 rings (SSSR count). The topological polar surface area (TPSA) is 97.3 Å². The van der Waals surface area contributed by atoms with Crippen molar-refractivity contribution in [3.63, 3.8) is 0 Å². The first-order valence-corrected chi connectivity index (χ1v) is 9.51. The van der Waals surface area contributed by atoms with Crippen molar-refractivity contribution >= 4 is 28.5 Å². The summed E-state index contributed by atoms with van der Waals surface area (Å²) in [6.07, 6.45) is 3.74. The van der Waals surface area contributed by atoms with Crippen molar-refractivity contribution in [2.45, 2.75) is 43.9 Å². The standard InChI is InChI=1S/C23H24O5/c1-15(21(25)26)23(22(27)28,14-20(24)17-9-3-2-4-10-17)19-13-7-11-16-8-5-6-12-18(16)19/h5-8,11-13,17H,1-4,9-10,14H2,(H,25,26)(H,27,28)/p-2. The lowest BCUT2D eigenvalue weighted by molar-refractivity contribution is -0.317. The minimum absolute atomic E-state index is 0.198. The van der Waals surface area contributed by atoms with Crippen LogP contribution in [-0.2, 0) is 19.8 Å². The molecule has 0 radical (unpaired) electrons. The Morgan fingerprint density at radius 2 is 1.61 bits per heavy atom. The Hall–Kier alpha value is -2.95. The summed E-state index contributed by atoms with van der Waals surface area (Å²) in [5, 5.41) is 25.4. The molecule has 28 heavy (non-hydrogen) atoms. The van der Waals surface area contributed by atoms with Crippen LogP contribution in [0.2, 0.25) is 0 Å². The van der Waals surface area contributed by atoms with Crippen molar-refractivity contribution in [1.29, 1.82) is 0 Å². The SMILES string of the molecule is C=C(C(=O)[O-])C(CC(=O)C1CCCCC1)(C(=O)[O-])c1cccc2ccccc12. The third-order valence-corrected chi connectivity index (χ3v) is 5.86. The maximum Gasteiger partial charge on any atom is 0.137 e. The van der Waals surface area contributed by atoms with Gasteiger partial charge in [0.25, 0.3) is 0 Å². The van der Waals surface area contributed by atoms with Gasteiger partial charge in [0.2, 0.25) is 0 Å². The number of ketones is 1. The summed E-state index contributed by atoms with van der Waals surface area (Å²) in [7, 11) is 0. The van der Waals surface area contributed by atoms with E-state index in [0.29, 0.717) is 18.2 Å². The molecule has 0 amide bonds. The molecule has 0 bridgehead atoms. The minimum Gasteiger partial charge on any atom is -0.549 e. The second kappa shape index (κ2) is 7.97. The number of fused-ring (bicyclic) bond motifs is 1. The summed E-state index contributed by atoms with van der Waals surface area (Å²) in [4.78, 5) is 37.1. The number of aliphatic carboxylic acids is 2.